The fourth-order valence-electron chi connectivity index (χ4n) is 1.60. The number of benzene rings is 1. The average molecular weight is 311 g/mol. The predicted octanol–water partition coefficient (Wildman–Crippen LogP) is 1.79. The number of hydrogen-bond donors (Lipinski definition) is 3. The Morgan fingerprint density at radius 2 is 2.19 bits per heavy atom. The molecule has 1 aromatic carbocycles. The molecule has 2 rings (SSSR count). The third kappa shape index (κ3) is 3.93. The van der Waals surface area contributed by atoms with E-state index in [0.717, 1.165) is 0 Å². The van der Waals surface area contributed by atoms with E-state index in [4.69, 9.17) is 21.2 Å². The number of rotatable bonds is 5. The Morgan fingerprint density at radius 1 is 1.38 bits per heavy atom. The largest absolute Gasteiger partial charge is 0.478 e. The number of hydrogen-bond acceptors (Lipinski definition) is 5. The first-order valence-corrected chi connectivity index (χ1v) is 6.28. The second-order valence-electron chi connectivity index (χ2n) is 3.93. The first-order chi connectivity index (χ1) is 10.1. The van der Waals surface area contributed by atoms with Crippen molar-refractivity contribution in [1.29, 1.82) is 0 Å². The maximum absolute atomic E-state index is 11.7. The van der Waals surface area contributed by atoms with Crippen molar-refractivity contribution in [2.24, 2.45) is 0 Å². The minimum absolute atomic E-state index is 0.0474. The first kappa shape index (κ1) is 14.8. The highest BCUT2D eigenvalue weighted by Gasteiger charge is 2.15. The van der Waals surface area contributed by atoms with Crippen LogP contribution in [-0.2, 0) is 6.42 Å². The number of carbonyl (C=O) groups is 2. The van der Waals surface area contributed by atoms with Crippen molar-refractivity contribution in [2.75, 3.05) is 11.9 Å². The Bertz CT molecular complexity index is 645. The molecule has 0 aliphatic carbocycles. The molecule has 0 fully saturated rings. The van der Waals surface area contributed by atoms with Gasteiger partial charge >= 0.3 is 12.0 Å². The molecule has 9 heteroatoms. The first-order valence-electron chi connectivity index (χ1n) is 5.90. The molecule has 8 nitrogen and oxygen atoms in total. The normalized spacial score (nSPS) is 10.1. The molecule has 0 spiro atoms. The van der Waals surface area contributed by atoms with Crippen LogP contribution in [0.25, 0.3) is 0 Å². The van der Waals surface area contributed by atoms with Crippen LogP contribution in [0.4, 0.5) is 10.5 Å². The minimum atomic E-state index is -1.22. The fourth-order valence-corrected chi connectivity index (χ4v) is 1.86. The van der Waals surface area contributed by atoms with E-state index in [2.05, 4.69) is 20.8 Å². The Balaban J connectivity index is 1.93. The van der Waals surface area contributed by atoms with Gasteiger partial charge < -0.3 is 20.3 Å². The number of urea groups is 1. The number of aromatic carboxylic acids is 1. The lowest BCUT2D eigenvalue weighted by molar-refractivity contribution is 0.0698. The summed E-state index contributed by atoms with van der Waals surface area (Å²) in [6, 6.07) is 3.87. The minimum Gasteiger partial charge on any atom is -0.478 e. The van der Waals surface area contributed by atoms with Crippen molar-refractivity contribution in [3.05, 3.63) is 41.0 Å². The van der Waals surface area contributed by atoms with Gasteiger partial charge in [0.15, 0.2) is 6.33 Å². The number of carboxylic acids is 1. The van der Waals surface area contributed by atoms with Crippen LogP contribution in [0.2, 0.25) is 5.02 Å². The smallest absolute Gasteiger partial charge is 0.339 e. The lowest BCUT2D eigenvalue weighted by atomic mass is 10.2. The SMILES string of the molecule is O=C(NCCc1ncno1)Nc1cccc(Cl)c1C(=O)O. The van der Waals surface area contributed by atoms with E-state index < -0.39 is 12.0 Å². The van der Waals surface area contributed by atoms with Gasteiger partial charge in [-0.05, 0) is 12.1 Å². The maximum Gasteiger partial charge on any atom is 0.339 e. The zero-order valence-electron chi connectivity index (χ0n) is 10.7. The summed E-state index contributed by atoms with van der Waals surface area (Å²) in [5.74, 6) is -0.828. The molecule has 0 bridgehead atoms. The molecule has 0 saturated heterocycles. The van der Waals surface area contributed by atoms with Gasteiger partial charge in [0, 0.05) is 13.0 Å². The molecule has 0 radical (unpaired) electrons. The summed E-state index contributed by atoms with van der Waals surface area (Å²) in [7, 11) is 0. The number of carboxylic acid groups (broad SMARTS) is 1. The average Bonchev–Trinajstić information content (AvgIpc) is 2.91. The molecule has 21 heavy (non-hydrogen) atoms. The van der Waals surface area contributed by atoms with Crippen molar-refractivity contribution in [1.82, 2.24) is 15.5 Å². The van der Waals surface area contributed by atoms with Gasteiger partial charge in [0.25, 0.3) is 0 Å². The molecule has 2 amide bonds. The monoisotopic (exact) mass is 310 g/mol. The lowest BCUT2D eigenvalue weighted by Crippen LogP contribution is -2.31. The maximum atomic E-state index is 11.7. The van der Waals surface area contributed by atoms with Crippen molar-refractivity contribution < 1.29 is 19.2 Å². The van der Waals surface area contributed by atoms with Crippen molar-refractivity contribution in [3.63, 3.8) is 0 Å². The van der Waals surface area contributed by atoms with Crippen LogP contribution < -0.4 is 10.6 Å². The molecular formula is C12H11ClN4O4. The highest BCUT2D eigenvalue weighted by molar-refractivity contribution is 6.34. The molecule has 0 aliphatic heterocycles. The Hall–Kier alpha value is -2.61. The number of halogens is 1. The number of carbonyl (C=O) groups excluding carboxylic acids is 1. The van der Waals surface area contributed by atoms with E-state index in [-0.39, 0.29) is 22.8 Å². The van der Waals surface area contributed by atoms with Crippen LogP contribution >= 0.6 is 11.6 Å². The molecule has 110 valence electrons. The molecule has 0 saturated carbocycles. The zero-order valence-corrected chi connectivity index (χ0v) is 11.4. The molecule has 2 aromatic rings. The van der Waals surface area contributed by atoms with Gasteiger partial charge in [0.2, 0.25) is 5.89 Å². The molecule has 0 unspecified atom stereocenters. The van der Waals surface area contributed by atoms with Gasteiger partial charge in [-0.1, -0.05) is 22.8 Å². The second kappa shape index (κ2) is 6.71. The van der Waals surface area contributed by atoms with E-state index in [1.165, 1.54) is 18.5 Å². The fraction of sp³-hybridized carbons (Fsp3) is 0.167. The van der Waals surface area contributed by atoms with Crippen LogP contribution in [0.3, 0.4) is 0 Å². The van der Waals surface area contributed by atoms with E-state index >= 15 is 0 Å². The van der Waals surface area contributed by atoms with Crippen molar-refractivity contribution >= 4 is 29.3 Å². The van der Waals surface area contributed by atoms with Gasteiger partial charge in [0.05, 0.1) is 10.7 Å². The van der Waals surface area contributed by atoms with E-state index in [0.29, 0.717) is 12.3 Å². The number of anilines is 1. The highest BCUT2D eigenvalue weighted by atomic mass is 35.5. The molecule has 1 aromatic heterocycles. The summed E-state index contributed by atoms with van der Waals surface area (Å²) in [5, 5.41) is 17.5. The summed E-state index contributed by atoms with van der Waals surface area (Å²) >= 11 is 5.80. The second-order valence-corrected chi connectivity index (χ2v) is 4.34. The van der Waals surface area contributed by atoms with Gasteiger partial charge in [-0.2, -0.15) is 4.98 Å². The Kier molecular flexibility index (Phi) is 4.72. The number of amides is 2. The van der Waals surface area contributed by atoms with Gasteiger partial charge in [-0.25, -0.2) is 9.59 Å². The number of nitrogens with zero attached hydrogens (tertiary/aromatic N) is 2. The molecule has 3 N–H and O–H groups in total. The third-order valence-corrected chi connectivity index (χ3v) is 2.82. The van der Waals surface area contributed by atoms with Crippen LogP contribution in [0, 0.1) is 0 Å². The van der Waals surface area contributed by atoms with E-state index in [1.807, 2.05) is 0 Å². The summed E-state index contributed by atoms with van der Waals surface area (Å²) in [5.41, 5.74) is -0.0449. The van der Waals surface area contributed by atoms with E-state index in [1.54, 1.807) is 6.07 Å². The van der Waals surface area contributed by atoms with Crippen LogP contribution in [0.1, 0.15) is 16.2 Å². The molecular weight excluding hydrogens is 300 g/mol. The Labute approximate surface area is 124 Å². The van der Waals surface area contributed by atoms with Crippen LogP contribution in [-0.4, -0.2) is 33.8 Å². The van der Waals surface area contributed by atoms with Crippen LogP contribution in [0.5, 0.6) is 0 Å². The zero-order chi connectivity index (χ0) is 15.2. The van der Waals surface area contributed by atoms with Gasteiger partial charge in [-0.15, -0.1) is 0 Å². The topological polar surface area (TPSA) is 117 Å². The summed E-state index contributed by atoms with van der Waals surface area (Å²) in [4.78, 5) is 26.6. The van der Waals surface area contributed by atoms with Gasteiger partial charge in [-0.3, -0.25) is 0 Å². The molecule has 1 heterocycles. The van der Waals surface area contributed by atoms with Crippen molar-refractivity contribution in [2.45, 2.75) is 6.42 Å². The number of aromatic nitrogens is 2. The standard InChI is InChI=1S/C12H11ClN4O4/c13-7-2-1-3-8(10(7)11(18)19)17-12(20)14-5-4-9-15-6-16-21-9/h1-3,6H,4-5H2,(H,18,19)(H2,14,17,20). The summed E-state index contributed by atoms with van der Waals surface area (Å²) in [6.45, 7) is 0.261. The lowest BCUT2D eigenvalue weighted by Gasteiger charge is -2.10. The van der Waals surface area contributed by atoms with Crippen molar-refractivity contribution in [3.8, 4) is 0 Å². The highest BCUT2D eigenvalue weighted by Crippen LogP contribution is 2.24. The quantitative estimate of drug-likeness (QED) is 0.775. The van der Waals surface area contributed by atoms with E-state index in [9.17, 15) is 9.59 Å². The van der Waals surface area contributed by atoms with Crippen LogP contribution in [0.15, 0.2) is 29.0 Å². The molecule has 0 atom stereocenters. The number of nitrogens with one attached hydrogen (secondary N) is 2. The predicted molar refractivity (Wildman–Crippen MR) is 73.4 cm³/mol. The molecule has 0 aliphatic rings. The van der Waals surface area contributed by atoms with Gasteiger partial charge in [0.1, 0.15) is 5.56 Å². The summed E-state index contributed by atoms with van der Waals surface area (Å²) in [6.07, 6.45) is 1.63. The Morgan fingerprint density at radius 3 is 2.86 bits per heavy atom. The third-order valence-electron chi connectivity index (χ3n) is 2.51. The summed E-state index contributed by atoms with van der Waals surface area (Å²) < 4.78 is 4.77.